The van der Waals surface area contributed by atoms with E-state index in [0.29, 0.717) is 5.92 Å². The van der Waals surface area contributed by atoms with Gasteiger partial charge in [0.1, 0.15) is 5.76 Å². The fraction of sp³-hybridized carbons (Fsp3) is 0.750. The molecule has 86 valence electrons. The summed E-state index contributed by atoms with van der Waals surface area (Å²) in [7, 11) is 0. The first-order valence-corrected chi connectivity index (χ1v) is 5.88. The molecule has 0 spiro atoms. The lowest BCUT2D eigenvalue weighted by Gasteiger charge is -2.09. The van der Waals surface area contributed by atoms with E-state index >= 15 is 0 Å². The molecular formula is C12H22N2O. The third-order valence-corrected chi connectivity index (χ3v) is 2.71. The topological polar surface area (TPSA) is 38.1 Å². The van der Waals surface area contributed by atoms with Gasteiger partial charge in [-0.3, -0.25) is 0 Å². The van der Waals surface area contributed by atoms with Gasteiger partial charge in [0.15, 0.2) is 0 Å². The summed E-state index contributed by atoms with van der Waals surface area (Å²) in [6.45, 7) is 9.56. The van der Waals surface area contributed by atoms with Crippen molar-refractivity contribution in [2.24, 2.45) is 0 Å². The summed E-state index contributed by atoms with van der Waals surface area (Å²) >= 11 is 0. The second-order valence-electron chi connectivity index (χ2n) is 4.09. The van der Waals surface area contributed by atoms with E-state index in [1.807, 2.05) is 6.20 Å². The molecule has 0 aromatic carbocycles. The number of hydrogen-bond donors (Lipinski definition) is 1. The second kappa shape index (κ2) is 5.91. The maximum atomic E-state index is 5.72. The van der Waals surface area contributed by atoms with E-state index in [1.165, 1.54) is 0 Å². The molecule has 0 aliphatic rings. The van der Waals surface area contributed by atoms with Gasteiger partial charge < -0.3 is 9.73 Å². The van der Waals surface area contributed by atoms with Crippen LogP contribution in [0.15, 0.2) is 10.6 Å². The molecule has 0 bridgehead atoms. The Labute approximate surface area is 92.3 Å². The Balaban J connectivity index is 2.58. The summed E-state index contributed by atoms with van der Waals surface area (Å²) in [6.07, 6.45) is 4.07. The Morgan fingerprint density at radius 1 is 1.40 bits per heavy atom. The van der Waals surface area contributed by atoms with Gasteiger partial charge in [0.25, 0.3) is 0 Å². The monoisotopic (exact) mass is 210 g/mol. The van der Waals surface area contributed by atoms with Crippen molar-refractivity contribution in [3.8, 4) is 0 Å². The van der Waals surface area contributed by atoms with Gasteiger partial charge in [-0.2, -0.15) is 0 Å². The van der Waals surface area contributed by atoms with Gasteiger partial charge in [-0.1, -0.05) is 20.8 Å². The smallest absolute Gasteiger partial charge is 0.211 e. The number of nitrogens with zero attached hydrogens (tertiary/aromatic N) is 1. The van der Waals surface area contributed by atoms with E-state index in [2.05, 4.69) is 38.0 Å². The van der Waals surface area contributed by atoms with Crippen LogP contribution in [0.3, 0.4) is 0 Å². The lowest BCUT2D eigenvalue weighted by Crippen LogP contribution is -2.19. The fourth-order valence-corrected chi connectivity index (χ4v) is 1.38. The molecule has 2 unspecified atom stereocenters. The summed E-state index contributed by atoms with van der Waals surface area (Å²) in [5, 5.41) is 3.36. The average Bonchev–Trinajstić information content (AvgIpc) is 2.74. The zero-order chi connectivity index (χ0) is 11.3. The van der Waals surface area contributed by atoms with Crippen LogP contribution in [-0.2, 0) is 0 Å². The van der Waals surface area contributed by atoms with Gasteiger partial charge in [-0.05, 0) is 26.3 Å². The number of nitrogens with one attached hydrogen (secondary N) is 1. The van der Waals surface area contributed by atoms with Gasteiger partial charge in [0.2, 0.25) is 5.89 Å². The second-order valence-corrected chi connectivity index (χ2v) is 4.09. The summed E-state index contributed by atoms with van der Waals surface area (Å²) < 4.78 is 5.72. The maximum Gasteiger partial charge on any atom is 0.211 e. The quantitative estimate of drug-likeness (QED) is 0.783. The fourth-order valence-electron chi connectivity index (χ4n) is 1.38. The number of oxazole rings is 1. The van der Waals surface area contributed by atoms with Crippen LogP contribution in [0, 0.1) is 0 Å². The Kier molecular flexibility index (Phi) is 4.82. The number of aromatic nitrogens is 1. The highest BCUT2D eigenvalue weighted by molar-refractivity contribution is 5.02. The van der Waals surface area contributed by atoms with Crippen molar-refractivity contribution in [2.75, 3.05) is 6.54 Å². The lowest BCUT2D eigenvalue weighted by atomic mass is 10.1. The van der Waals surface area contributed by atoms with Gasteiger partial charge >= 0.3 is 0 Å². The Bertz CT molecular complexity index is 283. The van der Waals surface area contributed by atoms with Gasteiger partial charge in [-0.25, -0.2) is 4.98 Å². The van der Waals surface area contributed by atoms with Crippen molar-refractivity contribution in [1.29, 1.82) is 0 Å². The van der Waals surface area contributed by atoms with Crippen LogP contribution in [0.4, 0.5) is 0 Å². The lowest BCUT2D eigenvalue weighted by molar-refractivity contribution is 0.380. The van der Waals surface area contributed by atoms with Crippen LogP contribution < -0.4 is 5.32 Å². The molecule has 2 atom stereocenters. The minimum atomic E-state index is 0.211. The molecular weight excluding hydrogens is 188 g/mol. The zero-order valence-corrected chi connectivity index (χ0v) is 10.2. The highest BCUT2D eigenvalue weighted by Crippen LogP contribution is 2.21. The summed E-state index contributed by atoms with van der Waals surface area (Å²) in [5.74, 6) is 2.26. The van der Waals surface area contributed by atoms with Crippen molar-refractivity contribution in [2.45, 2.75) is 52.5 Å². The van der Waals surface area contributed by atoms with E-state index in [-0.39, 0.29) is 6.04 Å². The predicted octanol–water partition coefficient (Wildman–Crippen LogP) is 3.25. The predicted molar refractivity (Wildman–Crippen MR) is 61.9 cm³/mol. The number of rotatable bonds is 6. The van der Waals surface area contributed by atoms with Crippen LogP contribution in [0.5, 0.6) is 0 Å². The molecule has 0 saturated heterocycles. The molecule has 1 heterocycles. The molecule has 0 fully saturated rings. The first-order valence-electron chi connectivity index (χ1n) is 5.88. The van der Waals surface area contributed by atoms with Crippen molar-refractivity contribution >= 4 is 0 Å². The molecule has 1 N–H and O–H groups in total. The van der Waals surface area contributed by atoms with E-state index < -0.39 is 0 Å². The van der Waals surface area contributed by atoms with Crippen LogP contribution in [0.2, 0.25) is 0 Å². The molecule has 0 aliphatic carbocycles. The van der Waals surface area contributed by atoms with Gasteiger partial charge in [-0.15, -0.1) is 0 Å². The highest BCUT2D eigenvalue weighted by atomic mass is 16.4. The summed E-state index contributed by atoms with van der Waals surface area (Å²) in [4.78, 5) is 4.31. The molecule has 1 aromatic rings. The Morgan fingerprint density at radius 2 is 2.13 bits per heavy atom. The molecule has 1 rings (SSSR count). The van der Waals surface area contributed by atoms with Crippen LogP contribution in [-0.4, -0.2) is 11.5 Å². The van der Waals surface area contributed by atoms with Crippen LogP contribution in [0.25, 0.3) is 0 Å². The van der Waals surface area contributed by atoms with Crippen molar-refractivity contribution in [3.63, 3.8) is 0 Å². The van der Waals surface area contributed by atoms with Gasteiger partial charge in [0.05, 0.1) is 12.2 Å². The normalized spacial score (nSPS) is 15.2. The van der Waals surface area contributed by atoms with Gasteiger partial charge in [0, 0.05) is 5.92 Å². The molecule has 3 nitrogen and oxygen atoms in total. The highest BCUT2D eigenvalue weighted by Gasteiger charge is 2.14. The molecule has 0 radical (unpaired) electrons. The Hall–Kier alpha value is -0.830. The summed E-state index contributed by atoms with van der Waals surface area (Å²) in [6, 6.07) is 0.211. The average molecular weight is 210 g/mol. The van der Waals surface area contributed by atoms with Crippen LogP contribution in [0.1, 0.15) is 64.1 Å². The SMILES string of the molecule is CCCNC(C)c1ncc(C(C)CC)o1. The first-order chi connectivity index (χ1) is 7.19. The van der Waals surface area contributed by atoms with Crippen molar-refractivity contribution < 1.29 is 4.42 Å². The minimum Gasteiger partial charge on any atom is -0.444 e. The third-order valence-electron chi connectivity index (χ3n) is 2.71. The van der Waals surface area contributed by atoms with Crippen molar-refractivity contribution in [3.05, 3.63) is 17.8 Å². The minimum absolute atomic E-state index is 0.211. The molecule has 1 aromatic heterocycles. The molecule has 15 heavy (non-hydrogen) atoms. The zero-order valence-electron chi connectivity index (χ0n) is 10.2. The largest absolute Gasteiger partial charge is 0.444 e. The van der Waals surface area contributed by atoms with Crippen molar-refractivity contribution in [1.82, 2.24) is 10.3 Å². The van der Waals surface area contributed by atoms with E-state index in [9.17, 15) is 0 Å². The Morgan fingerprint density at radius 3 is 2.73 bits per heavy atom. The molecule has 0 aliphatic heterocycles. The van der Waals surface area contributed by atoms with E-state index in [0.717, 1.165) is 31.0 Å². The molecule has 3 heteroatoms. The number of hydrogen-bond acceptors (Lipinski definition) is 3. The van der Waals surface area contributed by atoms with Crippen LogP contribution >= 0.6 is 0 Å². The van der Waals surface area contributed by atoms with E-state index in [4.69, 9.17) is 4.42 Å². The molecule has 0 saturated carbocycles. The standard InChI is InChI=1S/C12H22N2O/c1-5-7-13-10(4)12-14-8-11(15-12)9(3)6-2/h8-10,13H,5-7H2,1-4H3. The summed E-state index contributed by atoms with van der Waals surface area (Å²) in [5.41, 5.74) is 0. The third kappa shape index (κ3) is 3.34. The molecule has 0 amide bonds. The van der Waals surface area contributed by atoms with E-state index in [1.54, 1.807) is 0 Å². The maximum absolute atomic E-state index is 5.72. The first kappa shape index (κ1) is 12.2.